The summed E-state index contributed by atoms with van der Waals surface area (Å²) in [6, 6.07) is 83.6. The predicted octanol–water partition coefficient (Wildman–Crippen LogP) is 16.9. The van der Waals surface area contributed by atoms with Crippen molar-refractivity contribution in [3.63, 3.8) is 0 Å². The van der Waals surface area contributed by atoms with E-state index in [0.717, 1.165) is 66.4 Å². The van der Waals surface area contributed by atoms with Crippen LogP contribution in [0.1, 0.15) is 0 Å². The largest absolute Gasteiger partial charge is 0.456 e. The number of benzene rings is 11. The first-order valence-electron chi connectivity index (χ1n) is 22.7. The van der Waals surface area contributed by atoms with Gasteiger partial charge in [-0.3, -0.25) is 0 Å². The summed E-state index contributed by atoms with van der Waals surface area (Å²) < 4.78 is 6.70. The Bertz CT molecular complexity index is 3950. The zero-order chi connectivity index (χ0) is 44.3. The van der Waals surface area contributed by atoms with Crippen LogP contribution in [0.15, 0.2) is 241 Å². The molecule has 2 heterocycles. The minimum absolute atomic E-state index is 0.614. The van der Waals surface area contributed by atoms with Crippen LogP contribution in [0.3, 0.4) is 0 Å². The number of nitrogens with zero attached hydrogens (tertiary/aromatic N) is 3. The van der Waals surface area contributed by atoms with Crippen LogP contribution in [0.4, 0.5) is 0 Å². The van der Waals surface area contributed by atoms with Crippen molar-refractivity contribution < 1.29 is 4.42 Å². The molecule has 0 N–H and O–H groups in total. The maximum absolute atomic E-state index is 6.70. The first kappa shape index (κ1) is 38.5. The van der Waals surface area contributed by atoms with Gasteiger partial charge in [0.05, 0.1) is 0 Å². The maximum Gasteiger partial charge on any atom is 0.164 e. The van der Waals surface area contributed by atoms with Crippen molar-refractivity contribution in [3.8, 4) is 78.7 Å². The molecule has 0 aliphatic rings. The molecule has 0 aliphatic carbocycles. The van der Waals surface area contributed by atoms with Gasteiger partial charge in [0.25, 0.3) is 0 Å². The molecule has 13 aromatic rings. The molecule has 67 heavy (non-hydrogen) atoms. The summed E-state index contributed by atoms with van der Waals surface area (Å²) in [4.78, 5) is 15.0. The van der Waals surface area contributed by atoms with Gasteiger partial charge in [-0.2, -0.15) is 0 Å². The Morgan fingerprint density at radius 1 is 0.209 bits per heavy atom. The zero-order valence-electron chi connectivity index (χ0n) is 36.3. The standard InChI is InChI=1S/C63H39N3O/c1-3-15-40(16-4-1)61-64-62(41-17-5-2-6-18-41)66-63(65-61)57-28-12-7-23-49(57)48-31-34-56-55-33-30-47(38-59(55)67-60(56)39-48)45-22-14-20-43(36-45)42-19-13-21-44(35-42)46-29-32-54-52-26-9-8-24-50(52)51-25-10-11-27-53(51)58(54)37-46/h1-39H. The molecular formula is C63H39N3O. The number of hydrogen-bond acceptors (Lipinski definition) is 4. The van der Waals surface area contributed by atoms with Crippen molar-refractivity contribution in [1.82, 2.24) is 15.0 Å². The lowest BCUT2D eigenvalue weighted by atomic mass is 9.91. The smallest absolute Gasteiger partial charge is 0.164 e. The zero-order valence-corrected chi connectivity index (χ0v) is 36.3. The minimum Gasteiger partial charge on any atom is -0.456 e. The maximum atomic E-state index is 6.70. The van der Waals surface area contributed by atoms with Gasteiger partial charge < -0.3 is 4.42 Å². The molecular weight excluding hydrogens is 815 g/mol. The first-order chi connectivity index (χ1) is 33.2. The highest BCUT2D eigenvalue weighted by Crippen LogP contribution is 2.40. The lowest BCUT2D eigenvalue weighted by molar-refractivity contribution is 0.669. The van der Waals surface area contributed by atoms with Crippen LogP contribution in [0, 0.1) is 0 Å². The van der Waals surface area contributed by atoms with Crippen LogP contribution in [0.2, 0.25) is 0 Å². The molecule has 0 amide bonds. The fraction of sp³-hybridized carbons (Fsp3) is 0. The fourth-order valence-corrected chi connectivity index (χ4v) is 9.83. The topological polar surface area (TPSA) is 51.8 Å². The average Bonchev–Trinajstić information content (AvgIpc) is 3.78. The van der Waals surface area contributed by atoms with Gasteiger partial charge in [0.15, 0.2) is 17.5 Å². The highest BCUT2D eigenvalue weighted by Gasteiger charge is 2.18. The van der Waals surface area contributed by atoms with Gasteiger partial charge in [0.2, 0.25) is 0 Å². The van der Waals surface area contributed by atoms with E-state index in [4.69, 9.17) is 19.4 Å². The highest BCUT2D eigenvalue weighted by molar-refractivity contribution is 6.25. The van der Waals surface area contributed by atoms with Gasteiger partial charge in [0, 0.05) is 27.5 Å². The van der Waals surface area contributed by atoms with E-state index in [1.807, 2.05) is 66.7 Å². The molecule has 4 nitrogen and oxygen atoms in total. The molecule has 0 fully saturated rings. The summed E-state index contributed by atoms with van der Waals surface area (Å²) in [7, 11) is 0. The third kappa shape index (κ3) is 6.82. The second-order valence-electron chi connectivity index (χ2n) is 17.1. The van der Waals surface area contributed by atoms with E-state index in [1.165, 1.54) is 49.0 Å². The van der Waals surface area contributed by atoms with E-state index in [1.54, 1.807) is 0 Å². The second-order valence-corrected chi connectivity index (χ2v) is 17.1. The molecule has 0 unspecified atom stereocenters. The van der Waals surface area contributed by atoms with Crippen LogP contribution in [0.5, 0.6) is 0 Å². The van der Waals surface area contributed by atoms with Gasteiger partial charge in [0.1, 0.15) is 11.2 Å². The van der Waals surface area contributed by atoms with Crippen molar-refractivity contribution in [2.45, 2.75) is 0 Å². The second kappa shape index (κ2) is 15.9. The van der Waals surface area contributed by atoms with E-state index < -0.39 is 0 Å². The Morgan fingerprint density at radius 3 is 1.10 bits per heavy atom. The van der Waals surface area contributed by atoms with Gasteiger partial charge in [-0.05, 0) is 119 Å². The minimum atomic E-state index is 0.614. The quantitative estimate of drug-likeness (QED) is 0.150. The van der Waals surface area contributed by atoms with Crippen molar-refractivity contribution in [2.75, 3.05) is 0 Å². The summed E-state index contributed by atoms with van der Waals surface area (Å²) in [5.74, 6) is 1.87. The van der Waals surface area contributed by atoms with E-state index in [9.17, 15) is 0 Å². The molecule has 0 atom stereocenters. The van der Waals surface area contributed by atoms with Crippen LogP contribution >= 0.6 is 0 Å². The van der Waals surface area contributed by atoms with E-state index >= 15 is 0 Å². The Morgan fingerprint density at radius 2 is 0.567 bits per heavy atom. The fourth-order valence-electron chi connectivity index (χ4n) is 9.83. The normalized spacial score (nSPS) is 11.6. The lowest BCUT2D eigenvalue weighted by Gasteiger charge is -2.13. The molecule has 4 heteroatoms. The summed E-state index contributed by atoms with van der Waals surface area (Å²) >= 11 is 0. The molecule has 0 bridgehead atoms. The van der Waals surface area contributed by atoms with E-state index in [-0.39, 0.29) is 0 Å². The Labute approximate surface area is 387 Å². The van der Waals surface area contributed by atoms with Crippen molar-refractivity contribution in [3.05, 3.63) is 237 Å². The molecule has 312 valence electrons. The van der Waals surface area contributed by atoms with Gasteiger partial charge in [-0.1, -0.05) is 194 Å². The van der Waals surface area contributed by atoms with Crippen LogP contribution < -0.4 is 0 Å². The summed E-state index contributed by atoms with van der Waals surface area (Å²) in [6.07, 6.45) is 0. The van der Waals surface area contributed by atoms with E-state index in [0.29, 0.717) is 17.5 Å². The predicted molar refractivity (Wildman–Crippen MR) is 278 cm³/mol. The lowest BCUT2D eigenvalue weighted by Crippen LogP contribution is -2.01. The first-order valence-corrected chi connectivity index (χ1v) is 22.7. The van der Waals surface area contributed by atoms with Gasteiger partial charge in [-0.15, -0.1) is 0 Å². The number of furan rings is 1. The average molecular weight is 854 g/mol. The van der Waals surface area contributed by atoms with Crippen LogP contribution in [0.25, 0.3) is 133 Å². The Hall–Kier alpha value is -8.99. The molecule has 0 aliphatic heterocycles. The third-order valence-corrected chi connectivity index (χ3v) is 13.1. The monoisotopic (exact) mass is 853 g/mol. The molecule has 0 saturated heterocycles. The molecule has 0 radical (unpaired) electrons. The number of fused-ring (bicyclic) bond motifs is 9. The molecule has 0 spiro atoms. The van der Waals surface area contributed by atoms with E-state index in [2.05, 4.69) is 170 Å². The SMILES string of the molecule is c1ccc(-c2nc(-c3ccccc3)nc(-c3ccccc3-c3ccc4c(c3)oc3cc(-c5cccc(-c6cccc(-c7ccc8c9ccccc9c9ccccc9c8c7)c6)c5)ccc34)n2)cc1. The molecule has 11 aromatic carbocycles. The van der Waals surface area contributed by atoms with Gasteiger partial charge >= 0.3 is 0 Å². The molecule has 2 aromatic heterocycles. The summed E-state index contributed by atoms with van der Waals surface area (Å²) in [5.41, 5.74) is 13.4. The molecule has 0 saturated carbocycles. The molecule has 13 rings (SSSR count). The van der Waals surface area contributed by atoms with Crippen molar-refractivity contribution >= 4 is 54.3 Å². The Balaban J connectivity index is 0.836. The van der Waals surface area contributed by atoms with Gasteiger partial charge in [-0.25, -0.2) is 15.0 Å². The summed E-state index contributed by atoms with van der Waals surface area (Å²) in [6.45, 7) is 0. The summed E-state index contributed by atoms with van der Waals surface area (Å²) in [5, 5.41) is 9.84. The van der Waals surface area contributed by atoms with Crippen LogP contribution in [-0.4, -0.2) is 15.0 Å². The van der Waals surface area contributed by atoms with Crippen molar-refractivity contribution in [2.24, 2.45) is 0 Å². The van der Waals surface area contributed by atoms with Crippen molar-refractivity contribution in [1.29, 1.82) is 0 Å². The number of aromatic nitrogens is 3. The third-order valence-electron chi connectivity index (χ3n) is 13.1. The highest BCUT2D eigenvalue weighted by atomic mass is 16.3. The number of hydrogen-bond donors (Lipinski definition) is 0. The number of rotatable bonds is 7. The Kier molecular flexibility index (Phi) is 9.14. The van der Waals surface area contributed by atoms with Crippen LogP contribution in [-0.2, 0) is 0 Å².